The first-order valence-corrected chi connectivity index (χ1v) is 8.05. The van der Waals surface area contributed by atoms with Crippen LogP contribution in [0.5, 0.6) is 0 Å². The van der Waals surface area contributed by atoms with Crippen molar-refractivity contribution in [1.82, 2.24) is 4.90 Å². The number of aryl methyl sites for hydroxylation is 2. The summed E-state index contributed by atoms with van der Waals surface area (Å²) in [6, 6.07) is 6.22. The van der Waals surface area contributed by atoms with E-state index in [-0.39, 0.29) is 11.7 Å². The lowest BCUT2D eigenvalue weighted by Gasteiger charge is -2.35. The zero-order chi connectivity index (χ0) is 17.3. The van der Waals surface area contributed by atoms with E-state index in [1.165, 1.54) is 12.1 Å². The van der Waals surface area contributed by atoms with Crippen molar-refractivity contribution in [3.63, 3.8) is 0 Å². The number of likely N-dealkylation sites (N-methyl/N-ethyl adjacent to an activating group) is 1. The predicted molar refractivity (Wildman–Crippen MR) is 92.2 cm³/mol. The van der Waals surface area contributed by atoms with Crippen molar-refractivity contribution in [2.24, 2.45) is 0 Å². The molecule has 5 nitrogen and oxygen atoms in total. The molecule has 0 aliphatic carbocycles. The first kappa shape index (κ1) is 16.5. The Hall–Kier alpha value is -2.34. The molecule has 1 N–H and O–H groups in total. The van der Waals surface area contributed by atoms with Crippen LogP contribution in [0.1, 0.15) is 21.9 Å². The average Bonchev–Trinajstić information content (AvgIpc) is 2.87. The highest BCUT2D eigenvalue weighted by molar-refractivity contribution is 6.06. The first-order chi connectivity index (χ1) is 11.4. The van der Waals surface area contributed by atoms with Gasteiger partial charge in [0, 0.05) is 26.2 Å². The fourth-order valence-electron chi connectivity index (χ4n) is 2.98. The number of carbonyl (C=O) groups is 1. The number of amides is 1. The number of hydrogen-bond acceptors (Lipinski definition) is 4. The van der Waals surface area contributed by atoms with Gasteiger partial charge in [0.2, 0.25) is 0 Å². The van der Waals surface area contributed by atoms with Crippen LogP contribution >= 0.6 is 0 Å². The van der Waals surface area contributed by atoms with Gasteiger partial charge in [0.25, 0.3) is 5.91 Å². The van der Waals surface area contributed by atoms with Gasteiger partial charge in [-0.1, -0.05) is 0 Å². The number of rotatable bonds is 3. The Morgan fingerprint density at radius 1 is 1.17 bits per heavy atom. The maximum absolute atomic E-state index is 13.7. The van der Waals surface area contributed by atoms with E-state index in [4.69, 9.17) is 4.42 Å². The van der Waals surface area contributed by atoms with Gasteiger partial charge in [0.15, 0.2) is 0 Å². The monoisotopic (exact) mass is 331 g/mol. The largest absolute Gasteiger partial charge is 0.466 e. The van der Waals surface area contributed by atoms with Crippen LogP contribution in [0.25, 0.3) is 0 Å². The molecular formula is C18H22FN3O2. The van der Waals surface area contributed by atoms with Crippen LogP contribution in [-0.2, 0) is 0 Å². The highest BCUT2D eigenvalue weighted by Crippen LogP contribution is 2.29. The van der Waals surface area contributed by atoms with Crippen LogP contribution in [0, 0.1) is 19.7 Å². The summed E-state index contributed by atoms with van der Waals surface area (Å²) in [5.41, 5.74) is 1.81. The van der Waals surface area contributed by atoms with Gasteiger partial charge in [-0.3, -0.25) is 4.79 Å². The SMILES string of the molecule is Cc1cc(C(=O)Nc2cc(F)ccc2N2CCN(C)CC2)c(C)o1. The first-order valence-electron chi connectivity index (χ1n) is 8.05. The predicted octanol–water partition coefficient (Wildman–Crippen LogP) is 3.04. The van der Waals surface area contributed by atoms with Gasteiger partial charge < -0.3 is 19.5 Å². The summed E-state index contributed by atoms with van der Waals surface area (Å²) in [4.78, 5) is 16.9. The lowest BCUT2D eigenvalue weighted by molar-refractivity contribution is 0.102. The second-order valence-corrected chi connectivity index (χ2v) is 6.23. The summed E-state index contributed by atoms with van der Waals surface area (Å²) in [5.74, 6) is 0.576. The number of nitrogens with one attached hydrogen (secondary N) is 1. The van der Waals surface area contributed by atoms with Crippen LogP contribution in [0.4, 0.5) is 15.8 Å². The van der Waals surface area contributed by atoms with E-state index in [1.54, 1.807) is 26.0 Å². The molecule has 24 heavy (non-hydrogen) atoms. The maximum Gasteiger partial charge on any atom is 0.259 e. The van der Waals surface area contributed by atoms with E-state index < -0.39 is 0 Å². The third kappa shape index (κ3) is 3.43. The van der Waals surface area contributed by atoms with Crippen LogP contribution in [-0.4, -0.2) is 44.0 Å². The Bertz CT molecular complexity index is 749. The van der Waals surface area contributed by atoms with Crippen LogP contribution < -0.4 is 10.2 Å². The average molecular weight is 331 g/mol. The van der Waals surface area contributed by atoms with E-state index in [0.29, 0.717) is 22.8 Å². The number of hydrogen-bond donors (Lipinski definition) is 1. The second-order valence-electron chi connectivity index (χ2n) is 6.23. The summed E-state index contributed by atoms with van der Waals surface area (Å²) in [7, 11) is 2.08. The third-order valence-electron chi connectivity index (χ3n) is 4.34. The Morgan fingerprint density at radius 2 is 1.88 bits per heavy atom. The van der Waals surface area contributed by atoms with Crippen molar-refractivity contribution in [2.45, 2.75) is 13.8 Å². The Morgan fingerprint density at radius 3 is 2.50 bits per heavy atom. The summed E-state index contributed by atoms with van der Waals surface area (Å²) in [6.45, 7) is 7.09. The third-order valence-corrected chi connectivity index (χ3v) is 4.34. The molecule has 0 unspecified atom stereocenters. The van der Waals surface area contributed by atoms with Crippen molar-refractivity contribution in [1.29, 1.82) is 0 Å². The number of benzene rings is 1. The molecule has 2 aromatic rings. The summed E-state index contributed by atoms with van der Waals surface area (Å²) >= 11 is 0. The smallest absolute Gasteiger partial charge is 0.259 e. The summed E-state index contributed by atoms with van der Waals surface area (Å²) in [6.07, 6.45) is 0. The van der Waals surface area contributed by atoms with Crippen molar-refractivity contribution < 1.29 is 13.6 Å². The van der Waals surface area contributed by atoms with E-state index >= 15 is 0 Å². The minimum atomic E-state index is -0.372. The topological polar surface area (TPSA) is 48.7 Å². The molecule has 1 fully saturated rings. The number of piperazine rings is 1. The molecule has 2 heterocycles. The van der Waals surface area contributed by atoms with E-state index in [2.05, 4.69) is 22.2 Å². The molecule has 3 rings (SSSR count). The molecule has 0 atom stereocenters. The fourth-order valence-corrected chi connectivity index (χ4v) is 2.98. The van der Waals surface area contributed by atoms with Crippen LogP contribution in [0.15, 0.2) is 28.7 Å². The van der Waals surface area contributed by atoms with Crippen molar-refractivity contribution >= 4 is 17.3 Å². The van der Waals surface area contributed by atoms with Gasteiger partial charge in [0.05, 0.1) is 16.9 Å². The number of carbonyl (C=O) groups excluding carboxylic acids is 1. The molecule has 1 aromatic heterocycles. The van der Waals surface area contributed by atoms with Gasteiger partial charge in [-0.05, 0) is 45.2 Å². The van der Waals surface area contributed by atoms with Gasteiger partial charge in [-0.25, -0.2) is 4.39 Å². The highest BCUT2D eigenvalue weighted by Gasteiger charge is 2.20. The number of halogens is 1. The normalized spacial score (nSPS) is 15.6. The quantitative estimate of drug-likeness (QED) is 0.939. The van der Waals surface area contributed by atoms with Gasteiger partial charge in [-0.2, -0.15) is 0 Å². The Labute approximate surface area is 141 Å². The zero-order valence-corrected chi connectivity index (χ0v) is 14.2. The minimum absolute atomic E-state index is 0.287. The molecule has 0 radical (unpaired) electrons. The van der Waals surface area contributed by atoms with Crippen LogP contribution in [0.2, 0.25) is 0 Å². The van der Waals surface area contributed by atoms with Crippen molar-refractivity contribution in [2.75, 3.05) is 43.4 Å². The van der Waals surface area contributed by atoms with Crippen molar-refractivity contribution in [3.8, 4) is 0 Å². The molecule has 0 spiro atoms. The van der Waals surface area contributed by atoms with E-state index in [0.717, 1.165) is 31.9 Å². The number of anilines is 2. The summed E-state index contributed by atoms with van der Waals surface area (Å²) in [5, 5.41) is 2.84. The maximum atomic E-state index is 13.7. The second kappa shape index (κ2) is 6.65. The fraction of sp³-hybridized carbons (Fsp3) is 0.389. The Balaban J connectivity index is 1.85. The molecule has 1 aromatic carbocycles. The van der Waals surface area contributed by atoms with Gasteiger partial charge in [0.1, 0.15) is 17.3 Å². The molecule has 1 saturated heterocycles. The lowest BCUT2D eigenvalue weighted by atomic mass is 10.2. The molecular weight excluding hydrogens is 309 g/mol. The molecule has 1 amide bonds. The minimum Gasteiger partial charge on any atom is -0.466 e. The van der Waals surface area contributed by atoms with E-state index in [1.807, 2.05) is 0 Å². The van der Waals surface area contributed by atoms with Crippen molar-refractivity contribution in [3.05, 3.63) is 47.2 Å². The van der Waals surface area contributed by atoms with Crippen LogP contribution in [0.3, 0.4) is 0 Å². The number of nitrogens with zero attached hydrogens (tertiary/aromatic N) is 2. The molecule has 0 saturated carbocycles. The highest BCUT2D eigenvalue weighted by atomic mass is 19.1. The van der Waals surface area contributed by atoms with Gasteiger partial charge >= 0.3 is 0 Å². The summed E-state index contributed by atoms with van der Waals surface area (Å²) < 4.78 is 19.1. The molecule has 0 bridgehead atoms. The Kier molecular flexibility index (Phi) is 4.57. The number of furan rings is 1. The molecule has 1 aliphatic heterocycles. The van der Waals surface area contributed by atoms with Gasteiger partial charge in [-0.15, -0.1) is 0 Å². The molecule has 1 aliphatic rings. The molecule has 6 heteroatoms. The standard InChI is InChI=1S/C18H22FN3O2/c1-12-10-15(13(2)24-12)18(23)20-16-11-14(19)4-5-17(16)22-8-6-21(3)7-9-22/h4-5,10-11H,6-9H2,1-3H3,(H,20,23). The molecule has 128 valence electrons. The van der Waals surface area contributed by atoms with E-state index in [9.17, 15) is 9.18 Å². The lowest BCUT2D eigenvalue weighted by Crippen LogP contribution is -2.44. The zero-order valence-electron chi connectivity index (χ0n) is 14.2.